The molecule has 0 bridgehead atoms. The van der Waals surface area contributed by atoms with E-state index in [2.05, 4.69) is 20.1 Å². The number of aromatic nitrogens is 3. The van der Waals surface area contributed by atoms with Crippen LogP contribution in [0, 0.1) is 0 Å². The highest BCUT2D eigenvalue weighted by Gasteiger charge is 2.25. The fourth-order valence-corrected chi connectivity index (χ4v) is 5.17. The number of hydrogen-bond acceptors (Lipinski definition) is 7. The van der Waals surface area contributed by atoms with Gasteiger partial charge in [-0.3, -0.25) is 9.36 Å². The normalized spacial score (nSPS) is 15.1. The summed E-state index contributed by atoms with van der Waals surface area (Å²) in [6.07, 6.45) is 8.43. The number of anilines is 1. The molecule has 0 spiro atoms. The Bertz CT molecular complexity index is 1130. The van der Waals surface area contributed by atoms with Gasteiger partial charge >= 0.3 is 0 Å². The summed E-state index contributed by atoms with van der Waals surface area (Å²) in [5.74, 6) is 1.32. The second-order valence-corrected chi connectivity index (χ2v) is 10.5. The molecule has 8 nitrogen and oxygen atoms in total. The van der Waals surface area contributed by atoms with Crippen LogP contribution in [-0.4, -0.2) is 41.1 Å². The number of furan rings is 1. The molecule has 4 rings (SSSR count). The number of nitrogens with zero attached hydrogens (tertiary/aromatic N) is 3. The summed E-state index contributed by atoms with van der Waals surface area (Å²) in [6, 6.07) is 10.1. The minimum atomic E-state index is -3.27. The molecule has 1 aliphatic rings. The Labute approximate surface area is 185 Å². The van der Waals surface area contributed by atoms with Crippen LogP contribution in [0.25, 0.3) is 11.6 Å². The topological polar surface area (TPSA) is 107 Å². The van der Waals surface area contributed by atoms with Gasteiger partial charge in [-0.25, -0.2) is 8.42 Å². The highest BCUT2D eigenvalue weighted by molar-refractivity contribution is 7.99. The molecule has 31 heavy (non-hydrogen) atoms. The van der Waals surface area contributed by atoms with Crippen LogP contribution in [0.15, 0.2) is 57.1 Å². The molecule has 0 saturated heterocycles. The van der Waals surface area contributed by atoms with E-state index in [-0.39, 0.29) is 22.6 Å². The number of carbonyl (C=O) groups is 1. The van der Waals surface area contributed by atoms with Gasteiger partial charge in [-0.05, 0) is 49.2 Å². The van der Waals surface area contributed by atoms with Gasteiger partial charge < -0.3 is 9.73 Å². The number of sulfone groups is 1. The summed E-state index contributed by atoms with van der Waals surface area (Å²) in [5, 5.41) is 12.2. The minimum Gasteiger partial charge on any atom is -0.461 e. The van der Waals surface area contributed by atoms with E-state index in [1.807, 2.05) is 12.1 Å². The van der Waals surface area contributed by atoms with Crippen molar-refractivity contribution in [1.29, 1.82) is 0 Å². The molecule has 0 atom stereocenters. The maximum atomic E-state index is 12.5. The monoisotopic (exact) mass is 460 g/mol. The molecule has 164 valence electrons. The third kappa shape index (κ3) is 5.19. The van der Waals surface area contributed by atoms with Crippen molar-refractivity contribution in [1.82, 2.24) is 14.8 Å². The average molecular weight is 461 g/mol. The van der Waals surface area contributed by atoms with Crippen LogP contribution >= 0.6 is 11.8 Å². The molecule has 1 fully saturated rings. The lowest BCUT2D eigenvalue weighted by atomic mass is 9.95. The Morgan fingerprint density at radius 2 is 1.90 bits per heavy atom. The van der Waals surface area contributed by atoms with Crippen LogP contribution in [0.3, 0.4) is 0 Å². The molecule has 10 heteroatoms. The lowest BCUT2D eigenvalue weighted by Crippen LogP contribution is -2.17. The van der Waals surface area contributed by atoms with E-state index in [1.165, 1.54) is 30.3 Å². The molecule has 2 aromatic heterocycles. The lowest BCUT2D eigenvalue weighted by Gasteiger charge is -2.25. The largest absolute Gasteiger partial charge is 0.461 e. The lowest BCUT2D eigenvalue weighted by molar-refractivity contribution is -0.113. The highest BCUT2D eigenvalue weighted by Crippen LogP contribution is 2.35. The summed E-state index contributed by atoms with van der Waals surface area (Å²) < 4.78 is 30.8. The average Bonchev–Trinajstić information content (AvgIpc) is 3.42. The first-order valence-electron chi connectivity index (χ1n) is 10.1. The van der Waals surface area contributed by atoms with Gasteiger partial charge in [-0.15, -0.1) is 10.2 Å². The summed E-state index contributed by atoms with van der Waals surface area (Å²) in [4.78, 5) is 12.7. The Balaban J connectivity index is 1.46. The molecule has 1 saturated carbocycles. The van der Waals surface area contributed by atoms with Crippen LogP contribution in [0.5, 0.6) is 0 Å². The summed E-state index contributed by atoms with van der Waals surface area (Å²) in [5.41, 5.74) is 0.544. The number of benzene rings is 1. The molecule has 3 aromatic rings. The van der Waals surface area contributed by atoms with Crippen molar-refractivity contribution < 1.29 is 17.6 Å². The molecule has 1 aliphatic carbocycles. The van der Waals surface area contributed by atoms with Crippen molar-refractivity contribution in [3.8, 4) is 11.6 Å². The van der Waals surface area contributed by atoms with Crippen LogP contribution < -0.4 is 5.32 Å². The minimum absolute atomic E-state index is 0.164. The first-order valence-corrected chi connectivity index (χ1v) is 13.0. The van der Waals surface area contributed by atoms with Gasteiger partial charge in [-0.1, -0.05) is 31.0 Å². The Kier molecular flexibility index (Phi) is 6.47. The zero-order valence-electron chi connectivity index (χ0n) is 17.2. The standard InChI is InChI=1S/C21H24N4O4S2/c1-31(27,28)17-11-9-15(10-12-17)22-19(26)14-30-21-24-23-20(18-8-5-13-29-18)25(21)16-6-3-2-4-7-16/h5,8-13,16H,2-4,6-7,14H2,1H3,(H,22,26). The zero-order chi connectivity index (χ0) is 21.8. The van der Waals surface area contributed by atoms with Crippen LogP contribution in [0.1, 0.15) is 38.1 Å². The predicted molar refractivity (Wildman–Crippen MR) is 119 cm³/mol. The van der Waals surface area contributed by atoms with Crippen molar-refractivity contribution >= 4 is 33.2 Å². The number of hydrogen-bond donors (Lipinski definition) is 1. The zero-order valence-corrected chi connectivity index (χ0v) is 18.8. The number of rotatable bonds is 7. The van der Waals surface area contributed by atoms with Gasteiger partial charge in [0.15, 0.2) is 20.8 Å². The summed E-state index contributed by atoms with van der Waals surface area (Å²) >= 11 is 1.33. The molecule has 0 aliphatic heterocycles. The van der Waals surface area contributed by atoms with Crippen molar-refractivity contribution in [2.24, 2.45) is 0 Å². The van der Waals surface area contributed by atoms with Crippen molar-refractivity contribution in [2.75, 3.05) is 17.3 Å². The first-order chi connectivity index (χ1) is 14.9. The van der Waals surface area contributed by atoms with E-state index >= 15 is 0 Å². The number of amides is 1. The second-order valence-electron chi connectivity index (χ2n) is 7.58. The van der Waals surface area contributed by atoms with E-state index < -0.39 is 9.84 Å². The van der Waals surface area contributed by atoms with Crippen LogP contribution in [0.4, 0.5) is 5.69 Å². The summed E-state index contributed by atoms with van der Waals surface area (Å²) in [6.45, 7) is 0. The van der Waals surface area contributed by atoms with E-state index in [1.54, 1.807) is 18.4 Å². The molecule has 1 N–H and O–H groups in total. The Morgan fingerprint density at radius 1 is 1.16 bits per heavy atom. The van der Waals surface area contributed by atoms with E-state index in [4.69, 9.17) is 4.42 Å². The van der Waals surface area contributed by atoms with Crippen molar-refractivity contribution in [2.45, 2.75) is 48.2 Å². The van der Waals surface area contributed by atoms with E-state index in [0.717, 1.165) is 31.9 Å². The van der Waals surface area contributed by atoms with Crippen molar-refractivity contribution in [3.63, 3.8) is 0 Å². The molecule has 0 unspecified atom stereocenters. The third-order valence-electron chi connectivity index (χ3n) is 5.24. The molecule has 1 amide bonds. The first kappa shape index (κ1) is 21.6. The summed E-state index contributed by atoms with van der Waals surface area (Å²) in [7, 11) is -3.27. The number of carbonyl (C=O) groups excluding carboxylic acids is 1. The number of nitrogens with one attached hydrogen (secondary N) is 1. The van der Waals surface area contributed by atoms with Crippen molar-refractivity contribution in [3.05, 3.63) is 42.7 Å². The fraction of sp³-hybridized carbons (Fsp3) is 0.381. The fourth-order valence-electron chi connectivity index (χ4n) is 3.73. The quantitative estimate of drug-likeness (QED) is 0.527. The van der Waals surface area contributed by atoms with Gasteiger partial charge in [0.1, 0.15) is 0 Å². The Morgan fingerprint density at radius 3 is 2.55 bits per heavy atom. The van der Waals surface area contributed by atoms with Gasteiger partial charge in [0, 0.05) is 18.0 Å². The van der Waals surface area contributed by atoms with Gasteiger partial charge in [0.05, 0.1) is 16.9 Å². The predicted octanol–water partition coefficient (Wildman–Crippen LogP) is 4.18. The SMILES string of the molecule is CS(=O)(=O)c1ccc(NC(=O)CSc2nnc(-c3ccco3)n2C2CCCCC2)cc1. The maximum absolute atomic E-state index is 12.5. The van der Waals surface area contributed by atoms with Gasteiger partial charge in [0.2, 0.25) is 11.7 Å². The smallest absolute Gasteiger partial charge is 0.234 e. The van der Waals surface area contributed by atoms with Gasteiger partial charge in [-0.2, -0.15) is 0 Å². The maximum Gasteiger partial charge on any atom is 0.234 e. The molecule has 1 aromatic carbocycles. The molecule has 0 radical (unpaired) electrons. The second kappa shape index (κ2) is 9.27. The Hall–Kier alpha value is -2.59. The van der Waals surface area contributed by atoms with E-state index in [0.29, 0.717) is 22.4 Å². The molecular weight excluding hydrogens is 436 g/mol. The van der Waals surface area contributed by atoms with E-state index in [9.17, 15) is 13.2 Å². The van der Waals surface area contributed by atoms with Crippen LogP contribution in [0.2, 0.25) is 0 Å². The molecular formula is C21H24N4O4S2. The number of thioether (sulfide) groups is 1. The van der Waals surface area contributed by atoms with Gasteiger partial charge in [0.25, 0.3) is 0 Å². The van der Waals surface area contributed by atoms with Crippen LogP contribution in [-0.2, 0) is 14.6 Å². The third-order valence-corrected chi connectivity index (χ3v) is 7.32. The highest BCUT2D eigenvalue weighted by atomic mass is 32.2. The molecule has 2 heterocycles.